The normalized spacial score (nSPS) is 58.6. The summed E-state index contributed by atoms with van der Waals surface area (Å²) in [5, 5.41) is 0. The SMILES string of the molecule is CC12CC3CC1CC3C(=O)O2. The molecule has 4 fully saturated rings. The number of hydrogen-bond acceptors (Lipinski definition) is 2. The van der Waals surface area contributed by atoms with Gasteiger partial charge in [0.2, 0.25) is 0 Å². The summed E-state index contributed by atoms with van der Waals surface area (Å²) in [6, 6.07) is 0. The van der Waals surface area contributed by atoms with Crippen molar-refractivity contribution in [1.82, 2.24) is 0 Å². The van der Waals surface area contributed by atoms with E-state index in [1.165, 1.54) is 6.42 Å². The highest BCUT2D eigenvalue weighted by atomic mass is 16.6. The van der Waals surface area contributed by atoms with Crippen molar-refractivity contribution in [3.05, 3.63) is 0 Å². The van der Waals surface area contributed by atoms with Gasteiger partial charge in [-0.25, -0.2) is 0 Å². The van der Waals surface area contributed by atoms with Crippen molar-refractivity contribution in [3.63, 3.8) is 0 Å². The summed E-state index contributed by atoms with van der Waals surface area (Å²) in [5.74, 6) is 1.72. The van der Waals surface area contributed by atoms with E-state index in [1.54, 1.807) is 0 Å². The number of carbonyl (C=O) groups is 1. The average Bonchev–Trinajstić information content (AvgIpc) is 2.38. The van der Waals surface area contributed by atoms with Gasteiger partial charge >= 0.3 is 5.97 Å². The van der Waals surface area contributed by atoms with Gasteiger partial charge in [0.05, 0.1) is 5.92 Å². The maximum absolute atomic E-state index is 11.3. The molecule has 2 saturated heterocycles. The minimum Gasteiger partial charge on any atom is -0.459 e. The summed E-state index contributed by atoms with van der Waals surface area (Å²) in [5.41, 5.74) is -0.0590. The quantitative estimate of drug-likeness (QED) is 0.490. The Bertz CT molecular complexity index is 236. The van der Waals surface area contributed by atoms with E-state index in [9.17, 15) is 4.79 Å². The molecule has 0 aromatic heterocycles. The Morgan fingerprint density at radius 1 is 1.55 bits per heavy atom. The fourth-order valence-corrected chi connectivity index (χ4v) is 3.26. The second-order valence-corrected chi connectivity index (χ2v) is 4.47. The third-order valence-corrected chi connectivity index (χ3v) is 3.86. The van der Waals surface area contributed by atoms with Crippen LogP contribution in [0.3, 0.4) is 0 Å². The molecule has 60 valence electrons. The molecule has 0 N–H and O–H groups in total. The predicted molar refractivity (Wildman–Crippen MR) is 38.8 cm³/mol. The molecule has 4 rings (SSSR count). The number of esters is 1. The van der Waals surface area contributed by atoms with Gasteiger partial charge in [0.15, 0.2) is 0 Å². The van der Waals surface area contributed by atoms with Gasteiger partial charge in [-0.2, -0.15) is 0 Å². The second kappa shape index (κ2) is 1.47. The summed E-state index contributed by atoms with van der Waals surface area (Å²) in [6.45, 7) is 2.10. The first kappa shape index (κ1) is 6.04. The zero-order chi connectivity index (χ0) is 7.64. The molecule has 0 spiro atoms. The lowest BCUT2D eigenvalue weighted by Crippen LogP contribution is -2.48. The first-order chi connectivity index (χ1) is 5.19. The lowest BCUT2D eigenvalue weighted by atomic mass is 9.77. The number of fused-ring (bicyclic) bond motifs is 1. The van der Waals surface area contributed by atoms with E-state index >= 15 is 0 Å². The monoisotopic (exact) mass is 152 g/mol. The van der Waals surface area contributed by atoms with E-state index in [1.807, 2.05) is 0 Å². The molecule has 0 amide bonds. The fourth-order valence-electron chi connectivity index (χ4n) is 3.26. The van der Waals surface area contributed by atoms with Gasteiger partial charge in [-0.15, -0.1) is 0 Å². The van der Waals surface area contributed by atoms with E-state index in [4.69, 9.17) is 4.74 Å². The summed E-state index contributed by atoms with van der Waals surface area (Å²) in [6.07, 6.45) is 3.49. The Kier molecular flexibility index (Phi) is 0.809. The van der Waals surface area contributed by atoms with E-state index in [2.05, 4.69) is 6.92 Å². The largest absolute Gasteiger partial charge is 0.459 e. The molecule has 0 aromatic rings. The first-order valence-electron chi connectivity index (χ1n) is 4.42. The minimum absolute atomic E-state index is 0.0590. The Morgan fingerprint density at radius 3 is 2.91 bits per heavy atom. The molecule has 0 radical (unpaired) electrons. The Morgan fingerprint density at radius 2 is 2.36 bits per heavy atom. The summed E-state index contributed by atoms with van der Waals surface area (Å²) < 4.78 is 5.39. The molecule has 2 aliphatic carbocycles. The number of carbonyl (C=O) groups excluding carboxylic acids is 1. The summed E-state index contributed by atoms with van der Waals surface area (Å²) in [7, 11) is 0. The molecule has 2 heteroatoms. The van der Waals surface area contributed by atoms with Crippen LogP contribution in [-0.4, -0.2) is 11.6 Å². The molecule has 2 nitrogen and oxygen atoms in total. The summed E-state index contributed by atoms with van der Waals surface area (Å²) >= 11 is 0. The smallest absolute Gasteiger partial charge is 0.309 e. The molecule has 2 aliphatic heterocycles. The highest BCUT2D eigenvalue weighted by Gasteiger charge is 2.61. The van der Waals surface area contributed by atoms with Gasteiger partial charge in [-0.05, 0) is 38.0 Å². The molecular formula is C9H12O2. The molecule has 0 aromatic carbocycles. The van der Waals surface area contributed by atoms with Crippen LogP contribution >= 0.6 is 0 Å². The summed E-state index contributed by atoms with van der Waals surface area (Å²) in [4.78, 5) is 11.3. The van der Waals surface area contributed by atoms with Crippen molar-refractivity contribution < 1.29 is 9.53 Å². The minimum atomic E-state index is -0.0590. The average molecular weight is 152 g/mol. The fraction of sp³-hybridized carbons (Fsp3) is 0.889. The number of ether oxygens (including phenoxy) is 1. The van der Waals surface area contributed by atoms with Crippen LogP contribution in [0.1, 0.15) is 26.2 Å². The van der Waals surface area contributed by atoms with Crippen LogP contribution < -0.4 is 0 Å². The molecule has 11 heavy (non-hydrogen) atoms. The highest BCUT2D eigenvalue weighted by molar-refractivity contribution is 5.76. The van der Waals surface area contributed by atoms with Crippen molar-refractivity contribution in [2.24, 2.45) is 17.8 Å². The van der Waals surface area contributed by atoms with Gasteiger partial charge in [-0.1, -0.05) is 0 Å². The molecular weight excluding hydrogens is 140 g/mol. The van der Waals surface area contributed by atoms with E-state index in [0.717, 1.165) is 12.8 Å². The third kappa shape index (κ3) is 0.534. The molecule has 4 unspecified atom stereocenters. The molecule has 4 bridgehead atoms. The van der Waals surface area contributed by atoms with Crippen LogP contribution in [0.2, 0.25) is 0 Å². The van der Waals surface area contributed by atoms with Gasteiger partial charge in [0.1, 0.15) is 5.60 Å². The van der Waals surface area contributed by atoms with Gasteiger partial charge < -0.3 is 4.74 Å². The van der Waals surface area contributed by atoms with Crippen LogP contribution in [-0.2, 0) is 9.53 Å². The number of hydrogen-bond donors (Lipinski definition) is 0. The molecule has 4 atom stereocenters. The Balaban J connectivity index is 2.08. The van der Waals surface area contributed by atoms with E-state index < -0.39 is 0 Å². The van der Waals surface area contributed by atoms with E-state index in [0.29, 0.717) is 11.8 Å². The Labute approximate surface area is 65.9 Å². The van der Waals surface area contributed by atoms with Crippen molar-refractivity contribution in [2.45, 2.75) is 31.8 Å². The topological polar surface area (TPSA) is 26.3 Å². The van der Waals surface area contributed by atoms with Gasteiger partial charge in [0, 0.05) is 0 Å². The van der Waals surface area contributed by atoms with Crippen LogP contribution in [0.5, 0.6) is 0 Å². The number of rotatable bonds is 0. The van der Waals surface area contributed by atoms with Gasteiger partial charge in [-0.3, -0.25) is 4.79 Å². The van der Waals surface area contributed by atoms with Crippen LogP contribution in [0, 0.1) is 17.8 Å². The second-order valence-electron chi connectivity index (χ2n) is 4.47. The predicted octanol–water partition coefficient (Wildman–Crippen LogP) is 1.35. The van der Waals surface area contributed by atoms with Crippen molar-refractivity contribution in [1.29, 1.82) is 0 Å². The lowest BCUT2D eigenvalue weighted by molar-refractivity contribution is -0.186. The molecule has 2 saturated carbocycles. The molecule has 4 aliphatic rings. The van der Waals surface area contributed by atoms with Gasteiger partial charge in [0.25, 0.3) is 0 Å². The third-order valence-electron chi connectivity index (χ3n) is 3.86. The van der Waals surface area contributed by atoms with Crippen molar-refractivity contribution in [2.75, 3.05) is 0 Å². The van der Waals surface area contributed by atoms with Crippen molar-refractivity contribution >= 4 is 5.97 Å². The highest BCUT2D eigenvalue weighted by Crippen LogP contribution is 2.59. The zero-order valence-corrected chi connectivity index (χ0v) is 6.67. The Hall–Kier alpha value is -0.530. The zero-order valence-electron chi connectivity index (χ0n) is 6.67. The van der Waals surface area contributed by atoms with E-state index in [-0.39, 0.29) is 17.5 Å². The first-order valence-corrected chi connectivity index (χ1v) is 4.42. The van der Waals surface area contributed by atoms with Crippen LogP contribution in [0.4, 0.5) is 0 Å². The maximum Gasteiger partial charge on any atom is 0.309 e. The standard InChI is InChI=1S/C9H12O2/c1-9-4-5-2-6(9)3-7(5)8(10)11-9/h5-7H,2-4H2,1H3. The van der Waals surface area contributed by atoms with Crippen LogP contribution in [0.25, 0.3) is 0 Å². The van der Waals surface area contributed by atoms with Crippen LogP contribution in [0.15, 0.2) is 0 Å². The maximum atomic E-state index is 11.3. The van der Waals surface area contributed by atoms with Crippen molar-refractivity contribution in [3.8, 4) is 0 Å². The lowest BCUT2D eigenvalue weighted by Gasteiger charge is -2.42. The molecule has 2 heterocycles.